The lowest BCUT2D eigenvalue weighted by Crippen LogP contribution is -2.37. The van der Waals surface area contributed by atoms with Crippen LogP contribution in [0.2, 0.25) is 0 Å². The van der Waals surface area contributed by atoms with Crippen molar-refractivity contribution in [2.24, 2.45) is 0 Å². The van der Waals surface area contributed by atoms with Gasteiger partial charge in [-0.25, -0.2) is 0 Å². The summed E-state index contributed by atoms with van der Waals surface area (Å²) in [6, 6.07) is 11.3. The Morgan fingerprint density at radius 3 is 2.39 bits per heavy atom. The van der Waals surface area contributed by atoms with Gasteiger partial charge < -0.3 is 19.5 Å². The Kier molecular flexibility index (Phi) is 8.00. The SMILES string of the molecule is CCOc1ccc(C(=O)c2c(NC(=O)CN3CCc4cc(OC)c(OC)cc4C3)sc3c2CCCC3)cc1. The summed E-state index contributed by atoms with van der Waals surface area (Å²) in [4.78, 5) is 30.3. The first kappa shape index (κ1) is 26.3. The van der Waals surface area contributed by atoms with Gasteiger partial charge in [0.15, 0.2) is 17.3 Å². The molecule has 0 atom stereocenters. The summed E-state index contributed by atoms with van der Waals surface area (Å²) in [6.45, 7) is 4.19. The minimum absolute atomic E-state index is 0.0457. The predicted octanol–water partition coefficient (Wildman–Crippen LogP) is 5.27. The molecule has 0 fully saturated rings. The summed E-state index contributed by atoms with van der Waals surface area (Å²) < 4.78 is 16.4. The van der Waals surface area contributed by atoms with Crippen molar-refractivity contribution in [3.63, 3.8) is 0 Å². The smallest absolute Gasteiger partial charge is 0.239 e. The van der Waals surface area contributed by atoms with Crippen LogP contribution in [0.4, 0.5) is 5.00 Å². The monoisotopic (exact) mass is 534 g/mol. The van der Waals surface area contributed by atoms with Crippen LogP contribution < -0.4 is 19.5 Å². The minimum Gasteiger partial charge on any atom is -0.494 e. The molecule has 3 aromatic rings. The number of aryl methyl sites for hydroxylation is 1. The first-order valence-corrected chi connectivity index (χ1v) is 14.0. The summed E-state index contributed by atoms with van der Waals surface area (Å²) in [7, 11) is 3.27. The number of anilines is 1. The number of amides is 1. The van der Waals surface area contributed by atoms with Gasteiger partial charge in [0.25, 0.3) is 0 Å². The maximum atomic E-state index is 13.7. The van der Waals surface area contributed by atoms with Crippen LogP contribution in [0.1, 0.15) is 57.3 Å². The van der Waals surface area contributed by atoms with Crippen LogP contribution in [0.15, 0.2) is 36.4 Å². The molecule has 1 aliphatic heterocycles. The molecule has 0 radical (unpaired) electrons. The summed E-state index contributed by atoms with van der Waals surface area (Å²) in [6.07, 6.45) is 4.82. The normalized spacial score (nSPS) is 14.8. The molecule has 0 unspecified atom stereocenters. The number of methoxy groups -OCH3 is 2. The fraction of sp³-hybridized carbons (Fsp3) is 0.400. The Balaban J connectivity index is 1.33. The van der Waals surface area contributed by atoms with Crippen LogP contribution in [0.25, 0.3) is 0 Å². The molecule has 7 nitrogen and oxygen atoms in total. The fourth-order valence-electron chi connectivity index (χ4n) is 5.35. The molecule has 1 amide bonds. The van der Waals surface area contributed by atoms with E-state index in [1.54, 1.807) is 37.7 Å². The molecule has 1 aliphatic carbocycles. The first-order valence-electron chi connectivity index (χ1n) is 13.2. The van der Waals surface area contributed by atoms with E-state index in [1.165, 1.54) is 10.4 Å². The van der Waals surface area contributed by atoms with Gasteiger partial charge in [0.2, 0.25) is 5.91 Å². The van der Waals surface area contributed by atoms with E-state index >= 15 is 0 Å². The number of nitrogens with zero attached hydrogens (tertiary/aromatic N) is 1. The van der Waals surface area contributed by atoms with Gasteiger partial charge in [-0.1, -0.05) is 0 Å². The molecular formula is C30H34N2O5S. The van der Waals surface area contributed by atoms with Crippen molar-refractivity contribution >= 4 is 28.0 Å². The highest BCUT2D eigenvalue weighted by Gasteiger charge is 2.28. The molecule has 38 heavy (non-hydrogen) atoms. The number of ether oxygens (including phenoxy) is 3. The third-order valence-electron chi connectivity index (χ3n) is 7.24. The molecule has 1 N–H and O–H groups in total. The molecule has 0 spiro atoms. The van der Waals surface area contributed by atoms with Gasteiger partial charge in [-0.2, -0.15) is 0 Å². The molecule has 2 heterocycles. The van der Waals surface area contributed by atoms with Crippen LogP contribution in [-0.2, 0) is 30.6 Å². The second-order valence-corrected chi connectivity index (χ2v) is 10.8. The lowest BCUT2D eigenvalue weighted by Gasteiger charge is -2.29. The fourth-order valence-corrected chi connectivity index (χ4v) is 6.66. The van der Waals surface area contributed by atoms with E-state index in [0.29, 0.717) is 35.0 Å². The average Bonchev–Trinajstić information content (AvgIpc) is 3.29. The molecule has 5 rings (SSSR count). The van der Waals surface area contributed by atoms with Gasteiger partial charge in [-0.3, -0.25) is 14.5 Å². The van der Waals surface area contributed by atoms with E-state index < -0.39 is 0 Å². The number of rotatable bonds is 9. The van der Waals surface area contributed by atoms with Crippen LogP contribution in [-0.4, -0.2) is 50.5 Å². The predicted molar refractivity (Wildman–Crippen MR) is 149 cm³/mol. The lowest BCUT2D eigenvalue weighted by molar-refractivity contribution is -0.117. The van der Waals surface area contributed by atoms with Crippen molar-refractivity contribution in [2.75, 3.05) is 39.2 Å². The highest BCUT2D eigenvalue weighted by atomic mass is 32.1. The number of hydrogen-bond donors (Lipinski definition) is 1. The van der Waals surface area contributed by atoms with Crippen LogP contribution in [0.5, 0.6) is 17.2 Å². The standard InChI is InChI=1S/C30H34N2O5S/c1-4-37-22-11-9-19(10-12-22)29(34)28-23-7-5-6-8-26(23)38-30(28)31-27(33)18-32-14-13-20-15-24(35-2)25(36-3)16-21(20)17-32/h9-12,15-16H,4-8,13-14,17-18H2,1-3H3,(H,31,33). The van der Waals surface area contributed by atoms with Gasteiger partial charge in [0, 0.05) is 23.5 Å². The number of carbonyl (C=O) groups excluding carboxylic acids is 2. The maximum Gasteiger partial charge on any atom is 0.239 e. The highest BCUT2D eigenvalue weighted by Crippen LogP contribution is 2.40. The zero-order valence-corrected chi connectivity index (χ0v) is 23.0. The molecule has 1 aromatic heterocycles. The van der Waals surface area contributed by atoms with E-state index in [9.17, 15) is 9.59 Å². The Labute approximate surface area is 227 Å². The van der Waals surface area contributed by atoms with Gasteiger partial charge in [0.1, 0.15) is 10.8 Å². The summed E-state index contributed by atoms with van der Waals surface area (Å²) >= 11 is 1.56. The van der Waals surface area contributed by atoms with Crippen molar-refractivity contribution in [1.82, 2.24) is 4.90 Å². The number of carbonyl (C=O) groups is 2. The van der Waals surface area contributed by atoms with E-state index in [1.807, 2.05) is 31.2 Å². The van der Waals surface area contributed by atoms with Crippen molar-refractivity contribution < 1.29 is 23.8 Å². The highest BCUT2D eigenvalue weighted by molar-refractivity contribution is 7.17. The Morgan fingerprint density at radius 2 is 1.68 bits per heavy atom. The number of hydrogen-bond acceptors (Lipinski definition) is 7. The third-order valence-corrected chi connectivity index (χ3v) is 8.45. The minimum atomic E-state index is -0.103. The summed E-state index contributed by atoms with van der Waals surface area (Å²) in [5, 5.41) is 3.78. The maximum absolute atomic E-state index is 13.7. The zero-order chi connectivity index (χ0) is 26.6. The van der Waals surface area contributed by atoms with Crippen molar-refractivity contribution in [3.05, 3.63) is 69.1 Å². The van der Waals surface area contributed by atoms with Crippen molar-refractivity contribution in [3.8, 4) is 17.2 Å². The number of thiophene rings is 1. The lowest BCUT2D eigenvalue weighted by atomic mass is 9.92. The van der Waals surface area contributed by atoms with Crippen molar-refractivity contribution in [2.45, 2.75) is 45.6 Å². The van der Waals surface area contributed by atoms with Crippen LogP contribution >= 0.6 is 11.3 Å². The number of benzene rings is 2. The van der Waals surface area contributed by atoms with Crippen LogP contribution in [0, 0.1) is 0 Å². The molecule has 2 aromatic carbocycles. The largest absolute Gasteiger partial charge is 0.494 e. The molecular weight excluding hydrogens is 500 g/mol. The Morgan fingerprint density at radius 1 is 0.974 bits per heavy atom. The van der Waals surface area contributed by atoms with E-state index in [0.717, 1.165) is 61.3 Å². The average molecular weight is 535 g/mol. The van der Waals surface area contributed by atoms with Crippen molar-refractivity contribution in [1.29, 1.82) is 0 Å². The molecule has 0 saturated heterocycles. The third kappa shape index (κ3) is 5.42. The van der Waals surface area contributed by atoms with E-state index in [4.69, 9.17) is 14.2 Å². The van der Waals surface area contributed by atoms with Gasteiger partial charge >= 0.3 is 0 Å². The zero-order valence-electron chi connectivity index (χ0n) is 22.2. The Bertz CT molecular complexity index is 1330. The van der Waals surface area contributed by atoms with Crippen LogP contribution in [0.3, 0.4) is 0 Å². The number of nitrogens with one attached hydrogen (secondary N) is 1. The molecule has 0 bridgehead atoms. The number of fused-ring (bicyclic) bond motifs is 2. The van der Waals surface area contributed by atoms with E-state index in [2.05, 4.69) is 10.2 Å². The molecule has 2 aliphatic rings. The molecule has 8 heteroatoms. The van der Waals surface area contributed by atoms with Gasteiger partial charge in [0.05, 0.1) is 32.9 Å². The summed E-state index contributed by atoms with van der Waals surface area (Å²) in [5.41, 5.74) is 4.71. The second kappa shape index (κ2) is 11.6. The van der Waals surface area contributed by atoms with Gasteiger partial charge in [-0.05, 0) is 92.1 Å². The topological polar surface area (TPSA) is 77.1 Å². The quantitative estimate of drug-likeness (QED) is 0.377. The number of ketones is 1. The molecule has 200 valence electrons. The summed E-state index contributed by atoms with van der Waals surface area (Å²) in [5.74, 6) is 2.01. The first-order chi connectivity index (χ1) is 18.5. The molecule has 0 saturated carbocycles. The Hall–Kier alpha value is -3.36. The second-order valence-electron chi connectivity index (χ2n) is 9.69. The van der Waals surface area contributed by atoms with E-state index in [-0.39, 0.29) is 18.2 Å². The van der Waals surface area contributed by atoms with Gasteiger partial charge in [-0.15, -0.1) is 11.3 Å².